The van der Waals surface area contributed by atoms with Gasteiger partial charge in [-0.05, 0) is 61.6 Å². The summed E-state index contributed by atoms with van der Waals surface area (Å²) in [6.45, 7) is 11.8. The maximum Gasteiger partial charge on any atom is 0.247 e. The van der Waals surface area contributed by atoms with Crippen molar-refractivity contribution in [2.24, 2.45) is 14.1 Å². The summed E-state index contributed by atoms with van der Waals surface area (Å²) in [5.41, 5.74) is 11.5. The van der Waals surface area contributed by atoms with Crippen LogP contribution in [-0.2, 0) is 18.9 Å². The van der Waals surface area contributed by atoms with Crippen LogP contribution in [0.2, 0.25) is 0 Å². The molecular weight excluding hydrogens is 450 g/mol. The van der Waals surface area contributed by atoms with Gasteiger partial charge < -0.3 is 10.3 Å². The highest BCUT2D eigenvalue weighted by molar-refractivity contribution is 6.08. The zero-order valence-corrected chi connectivity index (χ0v) is 21.4. The lowest BCUT2D eigenvalue weighted by Gasteiger charge is -2.16. The SMILES string of the molecule is C=CC(=O)Nc1c(C)ccc(-c2c(-c3cnn(C)c3)[nH]c3ncc(-c4nn(C)cc4C)c(C)c23)c1C. The van der Waals surface area contributed by atoms with E-state index in [2.05, 4.69) is 41.9 Å². The van der Waals surface area contributed by atoms with Crippen molar-refractivity contribution in [2.45, 2.75) is 27.7 Å². The molecule has 1 amide bonds. The minimum Gasteiger partial charge on any atom is -0.339 e. The second-order valence-corrected chi connectivity index (χ2v) is 9.26. The van der Waals surface area contributed by atoms with E-state index in [1.54, 1.807) is 4.68 Å². The predicted molar refractivity (Wildman–Crippen MR) is 144 cm³/mol. The molecule has 0 unspecified atom stereocenters. The fourth-order valence-electron chi connectivity index (χ4n) is 4.94. The fourth-order valence-corrected chi connectivity index (χ4v) is 4.94. The summed E-state index contributed by atoms with van der Waals surface area (Å²) in [4.78, 5) is 20.6. The molecule has 5 aromatic rings. The smallest absolute Gasteiger partial charge is 0.247 e. The number of aromatic nitrogens is 6. The zero-order valence-electron chi connectivity index (χ0n) is 21.4. The number of fused-ring (bicyclic) bond motifs is 1. The van der Waals surface area contributed by atoms with Gasteiger partial charge in [0.1, 0.15) is 5.65 Å². The number of anilines is 1. The number of carbonyl (C=O) groups is 1. The maximum absolute atomic E-state index is 12.2. The molecule has 4 heterocycles. The van der Waals surface area contributed by atoms with Crippen LogP contribution in [0, 0.1) is 27.7 Å². The van der Waals surface area contributed by atoms with Crippen molar-refractivity contribution in [3.8, 4) is 33.6 Å². The van der Waals surface area contributed by atoms with Gasteiger partial charge in [0.15, 0.2) is 0 Å². The Morgan fingerprint density at radius 1 is 1.00 bits per heavy atom. The number of aryl methyl sites for hydroxylation is 5. The number of nitrogens with one attached hydrogen (secondary N) is 2. The van der Waals surface area contributed by atoms with E-state index in [0.717, 1.165) is 72.6 Å². The molecule has 0 aliphatic rings. The molecule has 0 spiro atoms. The number of nitrogens with zero attached hydrogens (tertiary/aromatic N) is 5. The molecule has 8 heteroatoms. The Balaban J connectivity index is 1.86. The van der Waals surface area contributed by atoms with Gasteiger partial charge >= 0.3 is 0 Å². The molecule has 1 aromatic carbocycles. The van der Waals surface area contributed by atoms with Crippen LogP contribution >= 0.6 is 0 Å². The molecule has 0 atom stereocenters. The fraction of sp³-hybridized carbons (Fsp3) is 0.214. The molecule has 4 aromatic heterocycles. The van der Waals surface area contributed by atoms with Crippen molar-refractivity contribution >= 4 is 22.6 Å². The molecule has 0 aliphatic heterocycles. The first-order valence-electron chi connectivity index (χ1n) is 11.7. The molecule has 0 fully saturated rings. The minimum atomic E-state index is -0.240. The summed E-state index contributed by atoms with van der Waals surface area (Å²) in [7, 11) is 3.83. The Hall–Kier alpha value is -4.46. The van der Waals surface area contributed by atoms with Gasteiger partial charge in [-0.2, -0.15) is 10.2 Å². The largest absolute Gasteiger partial charge is 0.339 e. The number of amides is 1. The highest BCUT2D eigenvalue weighted by Crippen LogP contribution is 2.44. The Morgan fingerprint density at radius 2 is 1.78 bits per heavy atom. The molecule has 2 N–H and O–H groups in total. The van der Waals surface area contributed by atoms with Crippen molar-refractivity contribution < 1.29 is 4.79 Å². The first kappa shape index (κ1) is 23.3. The second kappa shape index (κ2) is 8.64. The molecule has 0 radical (unpaired) electrons. The van der Waals surface area contributed by atoms with Crippen LogP contribution in [0.4, 0.5) is 5.69 Å². The third-order valence-electron chi connectivity index (χ3n) is 6.72. The van der Waals surface area contributed by atoms with Crippen LogP contribution < -0.4 is 5.32 Å². The van der Waals surface area contributed by atoms with Gasteiger partial charge in [-0.3, -0.25) is 14.2 Å². The second-order valence-electron chi connectivity index (χ2n) is 9.26. The van der Waals surface area contributed by atoms with Crippen molar-refractivity contribution in [2.75, 3.05) is 5.32 Å². The third kappa shape index (κ3) is 3.71. The van der Waals surface area contributed by atoms with Gasteiger partial charge in [0.05, 0.1) is 17.6 Å². The highest BCUT2D eigenvalue weighted by atomic mass is 16.1. The Bertz CT molecular complexity index is 1670. The summed E-state index contributed by atoms with van der Waals surface area (Å²) >= 11 is 0. The van der Waals surface area contributed by atoms with Gasteiger partial charge in [-0.25, -0.2) is 4.98 Å². The number of rotatable bonds is 5. The molecule has 5 rings (SSSR count). The van der Waals surface area contributed by atoms with Gasteiger partial charge in [0, 0.05) is 60.4 Å². The van der Waals surface area contributed by atoms with E-state index in [1.165, 1.54) is 6.08 Å². The number of H-pyrrole nitrogens is 1. The lowest BCUT2D eigenvalue weighted by Crippen LogP contribution is -2.10. The van der Waals surface area contributed by atoms with Crippen molar-refractivity contribution in [1.29, 1.82) is 0 Å². The summed E-state index contributed by atoms with van der Waals surface area (Å²) in [5, 5.41) is 13.1. The summed E-state index contributed by atoms with van der Waals surface area (Å²) < 4.78 is 3.61. The van der Waals surface area contributed by atoms with Crippen LogP contribution in [0.5, 0.6) is 0 Å². The van der Waals surface area contributed by atoms with E-state index in [-0.39, 0.29) is 5.91 Å². The summed E-state index contributed by atoms with van der Waals surface area (Å²) in [5.74, 6) is -0.240. The van der Waals surface area contributed by atoms with Crippen LogP contribution in [0.15, 0.2) is 49.6 Å². The maximum atomic E-state index is 12.2. The normalized spacial score (nSPS) is 11.3. The molecule has 0 saturated carbocycles. The van der Waals surface area contributed by atoms with Crippen molar-refractivity contribution in [3.63, 3.8) is 0 Å². The molecule has 0 bridgehead atoms. The molecule has 0 aliphatic carbocycles. The van der Waals surface area contributed by atoms with E-state index in [0.29, 0.717) is 0 Å². The van der Waals surface area contributed by atoms with Gasteiger partial charge in [0.25, 0.3) is 0 Å². The first-order chi connectivity index (χ1) is 17.2. The molecule has 182 valence electrons. The summed E-state index contributed by atoms with van der Waals surface area (Å²) in [6.07, 6.45) is 9.01. The number of aromatic amines is 1. The van der Waals surface area contributed by atoms with Crippen molar-refractivity contribution in [3.05, 3.63) is 71.8 Å². The van der Waals surface area contributed by atoms with Crippen LogP contribution in [0.3, 0.4) is 0 Å². The average Bonchev–Trinajstić information content (AvgIpc) is 3.53. The van der Waals surface area contributed by atoms with E-state index >= 15 is 0 Å². The van der Waals surface area contributed by atoms with Gasteiger partial charge in [0.2, 0.25) is 5.91 Å². The van der Waals surface area contributed by atoms with Crippen molar-refractivity contribution in [1.82, 2.24) is 29.5 Å². The molecule has 8 nitrogen and oxygen atoms in total. The number of carbonyl (C=O) groups excluding carboxylic acids is 1. The minimum absolute atomic E-state index is 0.240. The van der Waals surface area contributed by atoms with Crippen LogP contribution in [0.25, 0.3) is 44.7 Å². The lowest BCUT2D eigenvalue weighted by molar-refractivity contribution is -0.111. The van der Waals surface area contributed by atoms with E-state index in [9.17, 15) is 4.79 Å². The number of benzene rings is 1. The Morgan fingerprint density at radius 3 is 2.42 bits per heavy atom. The molecule has 0 saturated heterocycles. The number of pyridine rings is 1. The average molecular weight is 480 g/mol. The van der Waals surface area contributed by atoms with Gasteiger partial charge in [-0.15, -0.1) is 0 Å². The lowest BCUT2D eigenvalue weighted by atomic mass is 9.91. The first-order valence-corrected chi connectivity index (χ1v) is 11.7. The van der Waals surface area contributed by atoms with Crippen LogP contribution in [0.1, 0.15) is 22.3 Å². The highest BCUT2D eigenvalue weighted by Gasteiger charge is 2.24. The Kier molecular flexibility index (Phi) is 5.59. The topological polar surface area (TPSA) is 93.4 Å². The molecular formula is C28H29N7O. The monoisotopic (exact) mass is 479 g/mol. The van der Waals surface area contributed by atoms with Crippen LogP contribution in [-0.4, -0.2) is 35.4 Å². The van der Waals surface area contributed by atoms with Gasteiger partial charge in [-0.1, -0.05) is 18.7 Å². The third-order valence-corrected chi connectivity index (χ3v) is 6.72. The number of hydrogen-bond donors (Lipinski definition) is 2. The number of hydrogen-bond acceptors (Lipinski definition) is 4. The standard InChI is InChI=1S/C28H29N7O/c1-8-22(36)31-25-15(2)9-10-20(18(25)5)24-23-17(4)21(26-16(3)13-35(7)33-26)12-29-28(23)32-27(24)19-11-30-34(6)14-19/h8-14H,1H2,2-7H3,(H,29,32)(H,31,36). The zero-order chi connectivity index (χ0) is 25.7. The Labute approximate surface area is 209 Å². The van der Waals surface area contributed by atoms with E-state index < -0.39 is 0 Å². The van der Waals surface area contributed by atoms with E-state index in [1.807, 2.05) is 63.5 Å². The van der Waals surface area contributed by atoms with E-state index in [4.69, 9.17) is 10.1 Å². The molecule has 36 heavy (non-hydrogen) atoms. The predicted octanol–water partition coefficient (Wildman–Crippen LogP) is 5.39. The quantitative estimate of drug-likeness (QED) is 0.331. The summed E-state index contributed by atoms with van der Waals surface area (Å²) in [6, 6.07) is 4.14.